The van der Waals surface area contributed by atoms with E-state index in [0.717, 1.165) is 5.69 Å². The third-order valence-electron chi connectivity index (χ3n) is 2.69. The van der Waals surface area contributed by atoms with Gasteiger partial charge in [0.15, 0.2) is 11.2 Å². The Morgan fingerprint density at radius 1 is 1.16 bits per heavy atom. The zero-order valence-corrected chi connectivity index (χ0v) is 10.2. The van der Waals surface area contributed by atoms with Crippen molar-refractivity contribution in [1.29, 1.82) is 0 Å². The number of H-pyrrole nitrogens is 2. The second-order valence-corrected chi connectivity index (χ2v) is 4.23. The molecule has 0 saturated carbocycles. The van der Waals surface area contributed by atoms with Crippen molar-refractivity contribution in [2.75, 3.05) is 11.1 Å². The van der Waals surface area contributed by atoms with Gasteiger partial charge in [-0.2, -0.15) is 9.97 Å². The van der Waals surface area contributed by atoms with Crippen molar-refractivity contribution in [3.05, 3.63) is 40.2 Å². The van der Waals surface area contributed by atoms with Crippen LogP contribution in [0.3, 0.4) is 0 Å². The summed E-state index contributed by atoms with van der Waals surface area (Å²) in [5.41, 5.74) is 7.74. The van der Waals surface area contributed by atoms with Crippen LogP contribution in [0.1, 0.15) is 5.56 Å². The number of nitrogens with one attached hydrogen (secondary N) is 3. The van der Waals surface area contributed by atoms with Gasteiger partial charge in [-0.1, -0.05) is 17.7 Å². The molecule has 19 heavy (non-hydrogen) atoms. The van der Waals surface area contributed by atoms with Gasteiger partial charge in [0.2, 0.25) is 11.9 Å². The third-order valence-corrected chi connectivity index (χ3v) is 2.69. The monoisotopic (exact) mass is 256 g/mol. The Kier molecular flexibility index (Phi) is 2.45. The summed E-state index contributed by atoms with van der Waals surface area (Å²) in [6.07, 6.45) is 0. The van der Waals surface area contributed by atoms with Gasteiger partial charge in [-0.25, -0.2) is 0 Å². The number of nitrogens with zero attached hydrogens (tertiary/aromatic N) is 2. The highest BCUT2D eigenvalue weighted by atomic mass is 16.1. The molecule has 96 valence electrons. The first-order valence-electron chi connectivity index (χ1n) is 5.71. The van der Waals surface area contributed by atoms with Crippen LogP contribution in [0.15, 0.2) is 29.1 Å². The summed E-state index contributed by atoms with van der Waals surface area (Å²) >= 11 is 0. The lowest BCUT2D eigenvalue weighted by atomic mass is 10.2. The van der Waals surface area contributed by atoms with E-state index in [0.29, 0.717) is 11.5 Å². The van der Waals surface area contributed by atoms with E-state index >= 15 is 0 Å². The Hall–Kier alpha value is -2.83. The minimum absolute atomic E-state index is 0.0471. The molecule has 0 spiro atoms. The molecule has 2 aromatic heterocycles. The lowest BCUT2D eigenvalue weighted by molar-refractivity contribution is 1.17. The Labute approximate surface area is 107 Å². The van der Waals surface area contributed by atoms with Crippen molar-refractivity contribution in [3.63, 3.8) is 0 Å². The number of hydrogen-bond acceptors (Lipinski definition) is 5. The summed E-state index contributed by atoms with van der Waals surface area (Å²) in [5.74, 6) is 0.494. The first-order valence-corrected chi connectivity index (χ1v) is 5.71. The second kappa shape index (κ2) is 4.13. The summed E-state index contributed by atoms with van der Waals surface area (Å²) in [6.45, 7) is 2.01. The van der Waals surface area contributed by atoms with E-state index in [2.05, 4.69) is 25.3 Å². The van der Waals surface area contributed by atoms with Crippen LogP contribution < -0.4 is 16.6 Å². The maximum atomic E-state index is 11.6. The molecule has 3 rings (SSSR count). The van der Waals surface area contributed by atoms with Gasteiger partial charge >= 0.3 is 0 Å². The number of aromatic amines is 2. The lowest BCUT2D eigenvalue weighted by Crippen LogP contribution is -2.10. The van der Waals surface area contributed by atoms with Gasteiger partial charge in [0.1, 0.15) is 0 Å². The average Bonchev–Trinajstić information content (AvgIpc) is 2.75. The molecular weight excluding hydrogens is 244 g/mol. The van der Waals surface area contributed by atoms with Crippen molar-refractivity contribution in [3.8, 4) is 0 Å². The number of nitrogen functional groups attached to an aromatic ring is 1. The van der Waals surface area contributed by atoms with Crippen LogP contribution in [-0.4, -0.2) is 19.9 Å². The normalized spacial score (nSPS) is 10.8. The summed E-state index contributed by atoms with van der Waals surface area (Å²) in [4.78, 5) is 25.0. The summed E-state index contributed by atoms with van der Waals surface area (Å²) in [7, 11) is 0. The first kappa shape index (κ1) is 11.3. The van der Waals surface area contributed by atoms with Gasteiger partial charge < -0.3 is 16.0 Å². The molecule has 0 aliphatic heterocycles. The predicted molar refractivity (Wildman–Crippen MR) is 73.4 cm³/mol. The molecule has 5 N–H and O–H groups in total. The minimum atomic E-state index is -0.341. The second-order valence-electron chi connectivity index (χ2n) is 4.23. The summed E-state index contributed by atoms with van der Waals surface area (Å²) < 4.78 is 0. The molecule has 1 aromatic carbocycles. The Bertz CT molecular complexity index is 786. The maximum absolute atomic E-state index is 11.6. The fraction of sp³-hybridized carbons (Fsp3) is 0.0833. The number of imidazole rings is 1. The van der Waals surface area contributed by atoms with E-state index in [1.54, 1.807) is 0 Å². The van der Waals surface area contributed by atoms with Gasteiger partial charge in [0, 0.05) is 5.69 Å². The van der Waals surface area contributed by atoms with Gasteiger partial charge in [-0.15, -0.1) is 0 Å². The van der Waals surface area contributed by atoms with E-state index in [9.17, 15) is 4.79 Å². The highest BCUT2D eigenvalue weighted by Crippen LogP contribution is 2.16. The summed E-state index contributed by atoms with van der Waals surface area (Å²) in [6, 6.07) is 7.81. The van der Waals surface area contributed by atoms with Crippen LogP contribution in [0, 0.1) is 6.92 Å². The fourth-order valence-corrected chi connectivity index (χ4v) is 1.76. The molecular formula is C12H12N6O. The molecule has 0 unspecified atom stereocenters. The number of rotatable bonds is 2. The number of benzene rings is 1. The smallest absolute Gasteiger partial charge is 0.278 e. The van der Waals surface area contributed by atoms with Crippen molar-refractivity contribution in [2.45, 2.75) is 6.92 Å². The van der Waals surface area contributed by atoms with Gasteiger partial charge in [-0.05, 0) is 19.1 Å². The minimum Gasteiger partial charge on any atom is -0.369 e. The van der Waals surface area contributed by atoms with Crippen molar-refractivity contribution in [2.24, 2.45) is 0 Å². The Balaban J connectivity index is 2.00. The van der Waals surface area contributed by atoms with Crippen LogP contribution >= 0.6 is 0 Å². The van der Waals surface area contributed by atoms with E-state index in [4.69, 9.17) is 5.73 Å². The fourth-order valence-electron chi connectivity index (χ4n) is 1.76. The van der Waals surface area contributed by atoms with Crippen molar-refractivity contribution < 1.29 is 0 Å². The Morgan fingerprint density at radius 2 is 1.89 bits per heavy atom. The molecule has 0 amide bonds. The molecule has 0 radical (unpaired) electrons. The average molecular weight is 256 g/mol. The molecule has 0 fully saturated rings. The van der Waals surface area contributed by atoms with E-state index in [-0.39, 0.29) is 17.2 Å². The van der Waals surface area contributed by atoms with E-state index in [1.807, 2.05) is 31.2 Å². The molecule has 2 heterocycles. The zero-order valence-electron chi connectivity index (χ0n) is 10.2. The molecule has 0 bridgehead atoms. The first-order chi connectivity index (χ1) is 9.11. The molecule has 0 saturated heterocycles. The Morgan fingerprint density at radius 3 is 2.63 bits per heavy atom. The molecule has 0 atom stereocenters. The SMILES string of the molecule is Cc1ccc(Nc2nc3nc(N)[nH]c(=O)c3[nH]2)cc1. The van der Waals surface area contributed by atoms with Crippen molar-refractivity contribution in [1.82, 2.24) is 19.9 Å². The molecule has 7 heteroatoms. The number of fused-ring (bicyclic) bond motifs is 1. The standard InChI is InChI=1S/C12H12N6O/c1-6-2-4-7(5-3-6)14-12-15-8-9(17-12)16-11(13)18-10(8)19/h2-5H,1H3,(H5,13,14,15,16,17,18,19). The highest BCUT2D eigenvalue weighted by Gasteiger charge is 2.08. The maximum Gasteiger partial charge on any atom is 0.278 e. The number of nitrogens with two attached hydrogens (primary N) is 1. The highest BCUT2D eigenvalue weighted by molar-refractivity contribution is 5.74. The lowest BCUT2D eigenvalue weighted by Gasteiger charge is -2.02. The number of anilines is 3. The predicted octanol–water partition coefficient (Wildman–Crippen LogP) is 1.28. The number of aromatic nitrogens is 4. The van der Waals surface area contributed by atoms with Crippen molar-refractivity contribution >= 4 is 28.7 Å². The number of aryl methyl sites for hydroxylation is 1. The van der Waals surface area contributed by atoms with Gasteiger partial charge in [0.25, 0.3) is 5.56 Å². The quantitative estimate of drug-likeness (QED) is 0.551. The molecule has 7 nitrogen and oxygen atoms in total. The van der Waals surface area contributed by atoms with E-state index < -0.39 is 0 Å². The number of hydrogen-bond donors (Lipinski definition) is 4. The van der Waals surface area contributed by atoms with Crippen LogP contribution in [0.4, 0.5) is 17.6 Å². The van der Waals surface area contributed by atoms with Crippen LogP contribution in [-0.2, 0) is 0 Å². The molecule has 0 aliphatic carbocycles. The third kappa shape index (κ3) is 2.13. The van der Waals surface area contributed by atoms with Crippen LogP contribution in [0.2, 0.25) is 0 Å². The van der Waals surface area contributed by atoms with Crippen LogP contribution in [0.5, 0.6) is 0 Å². The zero-order chi connectivity index (χ0) is 13.4. The molecule has 0 aliphatic rings. The van der Waals surface area contributed by atoms with Crippen LogP contribution in [0.25, 0.3) is 11.2 Å². The van der Waals surface area contributed by atoms with Gasteiger partial charge in [0.05, 0.1) is 0 Å². The van der Waals surface area contributed by atoms with E-state index in [1.165, 1.54) is 5.56 Å². The summed E-state index contributed by atoms with van der Waals surface area (Å²) in [5, 5.41) is 3.07. The molecule has 3 aromatic rings. The topological polar surface area (TPSA) is 112 Å². The van der Waals surface area contributed by atoms with Gasteiger partial charge in [-0.3, -0.25) is 9.78 Å². The largest absolute Gasteiger partial charge is 0.369 e.